The van der Waals surface area contributed by atoms with Gasteiger partial charge in [-0.1, -0.05) is 13.8 Å². The lowest BCUT2D eigenvalue weighted by atomic mass is 9.99. The smallest absolute Gasteiger partial charge is 0.0729 e. The number of rotatable bonds is 5. The zero-order valence-electron chi connectivity index (χ0n) is 6.71. The van der Waals surface area contributed by atoms with Gasteiger partial charge in [0.25, 0.3) is 0 Å². The van der Waals surface area contributed by atoms with Gasteiger partial charge in [0.1, 0.15) is 0 Å². The molecule has 62 valence electrons. The van der Waals surface area contributed by atoms with Crippen LogP contribution in [0.1, 0.15) is 20.3 Å². The molecule has 0 amide bonds. The summed E-state index contributed by atoms with van der Waals surface area (Å²) in [7, 11) is 0. The number of nitrogens with two attached hydrogens (primary N) is 1. The van der Waals surface area contributed by atoms with Crippen molar-refractivity contribution in [3.05, 3.63) is 0 Å². The van der Waals surface area contributed by atoms with Crippen LogP contribution in [-0.4, -0.2) is 18.3 Å². The van der Waals surface area contributed by atoms with Gasteiger partial charge in [0.2, 0.25) is 0 Å². The molecule has 0 aromatic carbocycles. The predicted octanol–water partition coefficient (Wildman–Crippen LogP) is 0.531. The average Bonchev–Trinajstić information content (AvgIpc) is 1.86. The fourth-order valence-electron chi connectivity index (χ4n) is 0.998. The number of hydrogen-bond donors (Lipinski definition) is 2. The van der Waals surface area contributed by atoms with E-state index in [2.05, 4.69) is 18.7 Å². The van der Waals surface area contributed by atoms with E-state index < -0.39 is 0 Å². The van der Waals surface area contributed by atoms with Crippen LogP contribution in [0.4, 0.5) is 0 Å². The topological polar surface area (TPSA) is 55.5 Å². The van der Waals surface area contributed by atoms with Crippen molar-refractivity contribution in [1.82, 2.24) is 0 Å². The van der Waals surface area contributed by atoms with Crippen molar-refractivity contribution in [3.63, 3.8) is 0 Å². The van der Waals surface area contributed by atoms with E-state index in [-0.39, 0.29) is 12.5 Å². The molecule has 0 aliphatic heterocycles. The molecule has 0 fully saturated rings. The minimum absolute atomic E-state index is 0.162. The van der Waals surface area contributed by atoms with Crippen LogP contribution in [0.3, 0.4) is 0 Å². The standard InChI is InChI=1S/C7H17NO2/c1-6(2)3-7(4-9)5-10-8/h6-7,9H,3-5,8H2,1-2H3. The summed E-state index contributed by atoms with van der Waals surface area (Å²) in [6, 6.07) is 0. The van der Waals surface area contributed by atoms with E-state index in [1.807, 2.05) is 0 Å². The Hall–Kier alpha value is -0.120. The van der Waals surface area contributed by atoms with Crippen molar-refractivity contribution in [2.75, 3.05) is 13.2 Å². The van der Waals surface area contributed by atoms with Gasteiger partial charge < -0.3 is 9.94 Å². The molecule has 3 heteroatoms. The van der Waals surface area contributed by atoms with E-state index in [0.717, 1.165) is 6.42 Å². The Morgan fingerprint density at radius 1 is 1.50 bits per heavy atom. The van der Waals surface area contributed by atoms with Gasteiger partial charge in [-0.15, -0.1) is 0 Å². The van der Waals surface area contributed by atoms with Gasteiger partial charge >= 0.3 is 0 Å². The second-order valence-electron chi connectivity index (χ2n) is 3.01. The summed E-state index contributed by atoms with van der Waals surface area (Å²) >= 11 is 0. The Morgan fingerprint density at radius 2 is 2.10 bits per heavy atom. The van der Waals surface area contributed by atoms with E-state index in [0.29, 0.717) is 12.5 Å². The molecule has 3 N–H and O–H groups in total. The summed E-state index contributed by atoms with van der Waals surface area (Å²) in [5.74, 6) is 5.66. The molecule has 0 aliphatic carbocycles. The SMILES string of the molecule is CC(C)CC(CO)CON. The van der Waals surface area contributed by atoms with Crippen LogP contribution in [0.15, 0.2) is 0 Å². The summed E-state index contributed by atoms with van der Waals surface area (Å²) < 4.78 is 0. The lowest BCUT2D eigenvalue weighted by molar-refractivity contribution is 0.0646. The highest BCUT2D eigenvalue weighted by atomic mass is 16.6. The highest BCUT2D eigenvalue weighted by Crippen LogP contribution is 2.10. The average molecular weight is 147 g/mol. The maximum atomic E-state index is 8.77. The molecule has 0 radical (unpaired) electrons. The van der Waals surface area contributed by atoms with E-state index in [9.17, 15) is 0 Å². The first-order valence-electron chi connectivity index (χ1n) is 3.63. The maximum absolute atomic E-state index is 8.77. The van der Waals surface area contributed by atoms with Crippen molar-refractivity contribution in [2.24, 2.45) is 17.7 Å². The summed E-state index contributed by atoms with van der Waals surface area (Å²) in [4.78, 5) is 4.44. The molecule has 0 saturated carbocycles. The van der Waals surface area contributed by atoms with Crippen LogP contribution in [0.5, 0.6) is 0 Å². The second kappa shape index (κ2) is 5.65. The minimum Gasteiger partial charge on any atom is -0.396 e. The highest BCUT2D eigenvalue weighted by Gasteiger charge is 2.08. The molecule has 0 saturated heterocycles. The molecule has 0 aromatic rings. The van der Waals surface area contributed by atoms with Gasteiger partial charge in [-0.05, 0) is 12.3 Å². The molecule has 0 rings (SSSR count). The third-order valence-corrected chi connectivity index (χ3v) is 1.39. The zero-order valence-corrected chi connectivity index (χ0v) is 6.71. The normalized spacial score (nSPS) is 14.1. The number of aliphatic hydroxyl groups excluding tert-OH is 1. The summed E-state index contributed by atoms with van der Waals surface area (Å²) in [6.45, 7) is 4.84. The fraction of sp³-hybridized carbons (Fsp3) is 1.00. The summed E-state index contributed by atoms with van der Waals surface area (Å²) in [5, 5.41) is 8.77. The molecule has 0 aliphatic rings. The van der Waals surface area contributed by atoms with Gasteiger partial charge in [-0.3, -0.25) is 0 Å². The first-order chi connectivity index (χ1) is 4.70. The molecule has 1 atom stereocenters. The van der Waals surface area contributed by atoms with Gasteiger partial charge in [0.15, 0.2) is 0 Å². The zero-order chi connectivity index (χ0) is 7.98. The van der Waals surface area contributed by atoms with Crippen molar-refractivity contribution >= 4 is 0 Å². The van der Waals surface area contributed by atoms with Crippen molar-refractivity contribution in [1.29, 1.82) is 0 Å². The Balaban J connectivity index is 3.39. The van der Waals surface area contributed by atoms with Crippen molar-refractivity contribution < 1.29 is 9.94 Å². The molecule has 0 aromatic heterocycles. The van der Waals surface area contributed by atoms with Crippen molar-refractivity contribution in [3.8, 4) is 0 Å². The summed E-state index contributed by atoms with van der Waals surface area (Å²) in [6.07, 6.45) is 0.966. The van der Waals surface area contributed by atoms with Crippen LogP contribution >= 0.6 is 0 Å². The molecule has 1 unspecified atom stereocenters. The first-order valence-corrected chi connectivity index (χ1v) is 3.63. The number of hydrogen-bond acceptors (Lipinski definition) is 3. The molecule has 0 spiro atoms. The van der Waals surface area contributed by atoms with Crippen molar-refractivity contribution in [2.45, 2.75) is 20.3 Å². The molecule has 10 heavy (non-hydrogen) atoms. The third kappa shape index (κ3) is 4.73. The second-order valence-corrected chi connectivity index (χ2v) is 3.01. The van der Waals surface area contributed by atoms with Gasteiger partial charge in [0.05, 0.1) is 6.61 Å². The van der Waals surface area contributed by atoms with Crippen LogP contribution < -0.4 is 5.90 Å². The predicted molar refractivity (Wildman–Crippen MR) is 40.2 cm³/mol. The molecular formula is C7H17NO2. The first kappa shape index (κ1) is 9.88. The monoisotopic (exact) mass is 147 g/mol. The van der Waals surface area contributed by atoms with Crippen LogP contribution in [0.2, 0.25) is 0 Å². The maximum Gasteiger partial charge on any atom is 0.0729 e. The van der Waals surface area contributed by atoms with E-state index in [4.69, 9.17) is 11.0 Å². The number of aliphatic hydroxyl groups is 1. The van der Waals surface area contributed by atoms with E-state index in [1.165, 1.54) is 0 Å². The van der Waals surface area contributed by atoms with Crippen LogP contribution in [0.25, 0.3) is 0 Å². The molecular weight excluding hydrogens is 130 g/mol. The quantitative estimate of drug-likeness (QED) is 0.558. The Kier molecular flexibility index (Phi) is 5.58. The molecule has 0 bridgehead atoms. The van der Waals surface area contributed by atoms with E-state index in [1.54, 1.807) is 0 Å². The Bertz CT molecular complexity index is 76.0. The molecule has 0 heterocycles. The fourth-order valence-corrected chi connectivity index (χ4v) is 0.998. The third-order valence-electron chi connectivity index (χ3n) is 1.39. The van der Waals surface area contributed by atoms with E-state index >= 15 is 0 Å². The van der Waals surface area contributed by atoms with Gasteiger partial charge in [-0.2, -0.15) is 0 Å². The van der Waals surface area contributed by atoms with Crippen LogP contribution in [-0.2, 0) is 4.84 Å². The lowest BCUT2D eigenvalue weighted by Crippen LogP contribution is -2.18. The highest BCUT2D eigenvalue weighted by molar-refractivity contribution is 4.58. The Labute approximate surface area is 62.1 Å². The Morgan fingerprint density at radius 3 is 2.40 bits per heavy atom. The summed E-state index contributed by atoms with van der Waals surface area (Å²) in [5.41, 5.74) is 0. The largest absolute Gasteiger partial charge is 0.396 e. The van der Waals surface area contributed by atoms with Crippen LogP contribution in [0, 0.1) is 11.8 Å². The van der Waals surface area contributed by atoms with Gasteiger partial charge in [0, 0.05) is 12.5 Å². The minimum atomic E-state index is 0.162. The van der Waals surface area contributed by atoms with Gasteiger partial charge in [-0.25, -0.2) is 5.90 Å². The molecule has 3 nitrogen and oxygen atoms in total. The lowest BCUT2D eigenvalue weighted by Gasteiger charge is -2.13.